The molecule has 3 N–H and O–H groups in total. The lowest BCUT2D eigenvalue weighted by atomic mass is 10.0. The van der Waals surface area contributed by atoms with E-state index in [2.05, 4.69) is 24.3 Å². The first-order valence-electron chi connectivity index (χ1n) is 6.21. The van der Waals surface area contributed by atoms with E-state index in [0.717, 1.165) is 24.2 Å². The van der Waals surface area contributed by atoms with Crippen LogP contribution < -0.4 is 5.73 Å². The molecule has 0 amide bonds. The average Bonchev–Trinajstić information content (AvgIpc) is 2.36. The van der Waals surface area contributed by atoms with Crippen LogP contribution in [0.15, 0.2) is 29.2 Å². The third-order valence-corrected chi connectivity index (χ3v) is 4.52. The number of aliphatic hydroxyl groups is 1. The molecule has 96 valence electrons. The quantitative estimate of drug-likeness (QED) is 0.764. The first-order chi connectivity index (χ1) is 8.00. The molecule has 0 aliphatic heterocycles. The van der Waals surface area contributed by atoms with Crippen molar-refractivity contribution in [2.24, 2.45) is 5.73 Å². The monoisotopic (exact) mass is 253 g/mol. The third kappa shape index (κ3) is 4.34. The van der Waals surface area contributed by atoms with E-state index in [-0.39, 0.29) is 6.04 Å². The Morgan fingerprint density at radius 3 is 2.18 bits per heavy atom. The van der Waals surface area contributed by atoms with E-state index in [1.807, 2.05) is 20.8 Å². The minimum Gasteiger partial charge on any atom is -0.389 e. The van der Waals surface area contributed by atoms with E-state index in [1.54, 1.807) is 11.8 Å². The van der Waals surface area contributed by atoms with Crippen molar-refractivity contribution in [3.8, 4) is 0 Å². The topological polar surface area (TPSA) is 46.2 Å². The summed E-state index contributed by atoms with van der Waals surface area (Å²) >= 11 is 1.71. The second-order valence-electron chi connectivity index (χ2n) is 4.58. The van der Waals surface area contributed by atoms with Crippen LogP contribution in [0.2, 0.25) is 0 Å². The number of hydrogen-bond acceptors (Lipinski definition) is 3. The molecule has 0 aromatic heterocycles. The maximum absolute atomic E-state index is 10.2. The van der Waals surface area contributed by atoms with E-state index in [4.69, 9.17) is 5.73 Å². The summed E-state index contributed by atoms with van der Waals surface area (Å²) in [4.78, 5) is 1.19. The molecule has 0 aliphatic rings. The van der Waals surface area contributed by atoms with Gasteiger partial charge in [0.2, 0.25) is 0 Å². The van der Waals surface area contributed by atoms with Crippen LogP contribution in [0.1, 0.15) is 45.2 Å². The van der Waals surface area contributed by atoms with Gasteiger partial charge in [0.05, 0.1) is 5.60 Å². The molecule has 0 bridgehead atoms. The maximum Gasteiger partial charge on any atom is 0.0736 e. The molecule has 0 heterocycles. The van der Waals surface area contributed by atoms with Gasteiger partial charge >= 0.3 is 0 Å². The lowest BCUT2D eigenvalue weighted by molar-refractivity contribution is 0.0572. The van der Waals surface area contributed by atoms with Crippen LogP contribution in [0, 0.1) is 0 Å². The van der Waals surface area contributed by atoms with Gasteiger partial charge in [0, 0.05) is 16.7 Å². The van der Waals surface area contributed by atoms with Gasteiger partial charge in [-0.3, -0.25) is 0 Å². The van der Waals surface area contributed by atoms with Crippen molar-refractivity contribution >= 4 is 11.8 Å². The SMILES string of the molecule is CCC(O)(CC)CSc1ccc(C(C)N)cc1. The summed E-state index contributed by atoms with van der Waals surface area (Å²) < 4.78 is 0. The molecule has 1 unspecified atom stereocenters. The largest absolute Gasteiger partial charge is 0.389 e. The summed E-state index contributed by atoms with van der Waals surface area (Å²) in [6, 6.07) is 8.36. The van der Waals surface area contributed by atoms with Crippen LogP contribution in [0.5, 0.6) is 0 Å². The highest BCUT2D eigenvalue weighted by Gasteiger charge is 2.21. The van der Waals surface area contributed by atoms with Crippen LogP contribution in [-0.4, -0.2) is 16.5 Å². The average molecular weight is 253 g/mol. The molecule has 1 aromatic carbocycles. The first kappa shape index (κ1) is 14.6. The van der Waals surface area contributed by atoms with Crippen LogP contribution in [-0.2, 0) is 0 Å². The fourth-order valence-electron chi connectivity index (χ4n) is 1.54. The molecule has 17 heavy (non-hydrogen) atoms. The highest BCUT2D eigenvalue weighted by Crippen LogP contribution is 2.27. The van der Waals surface area contributed by atoms with Crippen molar-refractivity contribution in [1.82, 2.24) is 0 Å². The molecule has 1 rings (SSSR count). The van der Waals surface area contributed by atoms with Gasteiger partial charge in [-0.15, -0.1) is 11.8 Å². The zero-order valence-electron chi connectivity index (χ0n) is 10.9. The predicted octanol–water partition coefficient (Wildman–Crippen LogP) is 3.35. The van der Waals surface area contributed by atoms with Crippen molar-refractivity contribution < 1.29 is 5.11 Å². The van der Waals surface area contributed by atoms with Crippen LogP contribution in [0.3, 0.4) is 0 Å². The summed E-state index contributed by atoms with van der Waals surface area (Å²) in [6.07, 6.45) is 1.60. The Labute approximate surface area is 109 Å². The standard InChI is InChI=1S/C14H23NOS/c1-4-14(16,5-2)10-17-13-8-6-12(7-9-13)11(3)15/h6-9,11,16H,4-5,10,15H2,1-3H3. The number of rotatable bonds is 6. The van der Waals surface area contributed by atoms with Gasteiger partial charge in [0.25, 0.3) is 0 Å². The fourth-order valence-corrected chi connectivity index (χ4v) is 2.71. The van der Waals surface area contributed by atoms with Crippen molar-refractivity contribution in [2.75, 3.05) is 5.75 Å². The molecule has 1 atom stereocenters. The van der Waals surface area contributed by atoms with Crippen molar-refractivity contribution in [2.45, 2.75) is 50.2 Å². The van der Waals surface area contributed by atoms with Gasteiger partial charge < -0.3 is 10.8 Å². The second-order valence-corrected chi connectivity index (χ2v) is 5.63. The van der Waals surface area contributed by atoms with E-state index in [0.29, 0.717) is 0 Å². The fraction of sp³-hybridized carbons (Fsp3) is 0.571. The predicted molar refractivity (Wildman–Crippen MR) is 75.3 cm³/mol. The molecule has 1 aromatic rings. The summed E-state index contributed by atoms with van der Waals surface area (Å²) in [5.41, 5.74) is 6.41. The van der Waals surface area contributed by atoms with Gasteiger partial charge in [-0.25, -0.2) is 0 Å². The van der Waals surface area contributed by atoms with E-state index >= 15 is 0 Å². The summed E-state index contributed by atoms with van der Waals surface area (Å²) in [6.45, 7) is 6.04. The van der Waals surface area contributed by atoms with Crippen LogP contribution in [0.4, 0.5) is 0 Å². The summed E-state index contributed by atoms with van der Waals surface area (Å²) in [7, 11) is 0. The Morgan fingerprint density at radius 1 is 1.24 bits per heavy atom. The molecule has 0 saturated carbocycles. The number of hydrogen-bond donors (Lipinski definition) is 2. The Balaban J connectivity index is 2.58. The highest BCUT2D eigenvalue weighted by atomic mass is 32.2. The Bertz CT molecular complexity index is 331. The summed E-state index contributed by atoms with van der Waals surface area (Å²) in [5.74, 6) is 0.748. The van der Waals surface area contributed by atoms with E-state index in [1.165, 1.54) is 4.90 Å². The lowest BCUT2D eigenvalue weighted by Crippen LogP contribution is -2.29. The van der Waals surface area contributed by atoms with Crippen molar-refractivity contribution in [3.05, 3.63) is 29.8 Å². The smallest absolute Gasteiger partial charge is 0.0736 e. The molecule has 0 radical (unpaired) electrons. The second kappa shape index (κ2) is 6.43. The normalized spacial score (nSPS) is 13.7. The number of benzene rings is 1. The maximum atomic E-state index is 10.2. The van der Waals surface area contributed by atoms with Gasteiger partial charge in [0.1, 0.15) is 0 Å². The molecule has 0 fully saturated rings. The third-order valence-electron chi connectivity index (χ3n) is 3.23. The Kier molecular flexibility index (Phi) is 5.50. The van der Waals surface area contributed by atoms with Gasteiger partial charge in [-0.05, 0) is 37.5 Å². The molecule has 2 nitrogen and oxygen atoms in total. The number of thioether (sulfide) groups is 1. The van der Waals surface area contributed by atoms with Gasteiger partial charge in [-0.1, -0.05) is 26.0 Å². The molecule has 0 saturated heterocycles. The minimum atomic E-state index is -0.537. The minimum absolute atomic E-state index is 0.0808. The van der Waals surface area contributed by atoms with Gasteiger partial charge in [-0.2, -0.15) is 0 Å². The molecule has 0 spiro atoms. The van der Waals surface area contributed by atoms with Gasteiger partial charge in [0.15, 0.2) is 0 Å². The van der Waals surface area contributed by atoms with Crippen LogP contribution >= 0.6 is 11.8 Å². The zero-order valence-corrected chi connectivity index (χ0v) is 11.8. The Morgan fingerprint density at radius 2 is 1.76 bits per heavy atom. The van der Waals surface area contributed by atoms with E-state index in [9.17, 15) is 5.11 Å². The molecular weight excluding hydrogens is 230 g/mol. The van der Waals surface area contributed by atoms with Crippen molar-refractivity contribution in [3.63, 3.8) is 0 Å². The Hall–Kier alpha value is -0.510. The first-order valence-corrected chi connectivity index (χ1v) is 7.20. The number of nitrogens with two attached hydrogens (primary N) is 1. The lowest BCUT2D eigenvalue weighted by Gasteiger charge is -2.24. The molecule has 0 aliphatic carbocycles. The van der Waals surface area contributed by atoms with Crippen LogP contribution in [0.25, 0.3) is 0 Å². The molecule has 3 heteroatoms. The summed E-state index contributed by atoms with van der Waals surface area (Å²) in [5, 5.41) is 10.2. The highest BCUT2D eigenvalue weighted by molar-refractivity contribution is 7.99. The zero-order chi connectivity index (χ0) is 12.9. The molecular formula is C14H23NOS. The van der Waals surface area contributed by atoms with E-state index < -0.39 is 5.60 Å². The van der Waals surface area contributed by atoms with Crippen molar-refractivity contribution in [1.29, 1.82) is 0 Å².